The standard InChI is InChI=1S/C9H13ClN4/c1-14(2)9(11)13-6-8-4-3-7(10)5-12-8/h3-5H,6H2,1-2H3,(H2,11,13). The van der Waals surface area contributed by atoms with Crippen LogP contribution in [0.1, 0.15) is 5.69 Å². The van der Waals surface area contributed by atoms with Gasteiger partial charge in [-0.25, -0.2) is 4.99 Å². The predicted molar refractivity (Wildman–Crippen MR) is 58.3 cm³/mol. The van der Waals surface area contributed by atoms with E-state index in [1.165, 1.54) is 0 Å². The van der Waals surface area contributed by atoms with Crippen molar-refractivity contribution in [2.75, 3.05) is 14.1 Å². The fraction of sp³-hybridized carbons (Fsp3) is 0.333. The van der Waals surface area contributed by atoms with Gasteiger partial charge in [0, 0.05) is 20.3 Å². The van der Waals surface area contributed by atoms with Crippen LogP contribution >= 0.6 is 11.6 Å². The molecule has 1 aromatic heterocycles. The Hall–Kier alpha value is -1.29. The molecular formula is C9H13ClN4. The van der Waals surface area contributed by atoms with Gasteiger partial charge in [-0.15, -0.1) is 0 Å². The Kier molecular flexibility index (Phi) is 3.71. The van der Waals surface area contributed by atoms with Crippen LogP contribution in [0.15, 0.2) is 23.3 Å². The number of nitrogens with zero attached hydrogens (tertiary/aromatic N) is 3. The first-order valence-corrected chi connectivity index (χ1v) is 4.55. The highest BCUT2D eigenvalue weighted by Crippen LogP contribution is 2.06. The third-order valence-corrected chi connectivity index (χ3v) is 1.87. The quantitative estimate of drug-likeness (QED) is 0.590. The highest BCUT2D eigenvalue weighted by molar-refractivity contribution is 6.30. The largest absolute Gasteiger partial charge is 0.370 e. The molecule has 4 nitrogen and oxygen atoms in total. The number of hydrogen-bond donors (Lipinski definition) is 1. The summed E-state index contributed by atoms with van der Waals surface area (Å²) in [4.78, 5) is 9.98. The minimum absolute atomic E-state index is 0.473. The molecule has 0 amide bonds. The summed E-state index contributed by atoms with van der Waals surface area (Å²) in [6, 6.07) is 3.61. The van der Waals surface area contributed by atoms with Gasteiger partial charge in [-0.3, -0.25) is 4.98 Å². The van der Waals surface area contributed by atoms with Crippen LogP contribution in [0.5, 0.6) is 0 Å². The molecule has 0 aliphatic heterocycles. The van der Waals surface area contributed by atoms with E-state index in [2.05, 4.69) is 9.98 Å². The lowest BCUT2D eigenvalue weighted by atomic mass is 10.3. The van der Waals surface area contributed by atoms with Crippen molar-refractivity contribution < 1.29 is 0 Å². The first-order chi connectivity index (χ1) is 6.59. The molecule has 1 aromatic rings. The molecule has 0 bridgehead atoms. The maximum absolute atomic E-state index is 5.69. The van der Waals surface area contributed by atoms with E-state index < -0.39 is 0 Å². The summed E-state index contributed by atoms with van der Waals surface area (Å²) in [5.41, 5.74) is 6.46. The summed E-state index contributed by atoms with van der Waals surface area (Å²) in [6.45, 7) is 0.473. The lowest BCUT2D eigenvalue weighted by molar-refractivity contribution is 0.608. The number of pyridine rings is 1. The van der Waals surface area contributed by atoms with Gasteiger partial charge in [-0.2, -0.15) is 0 Å². The van der Waals surface area contributed by atoms with Crippen molar-refractivity contribution in [2.24, 2.45) is 10.7 Å². The van der Waals surface area contributed by atoms with Crippen LogP contribution in [0.25, 0.3) is 0 Å². The highest BCUT2D eigenvalue weighted by Gasteiger charge is 1.96. The third-order valence-electron chi connectivity index (χ3n) is 1.65. The second-order valence-corrected chi connectivity index (χ2v) is 3.47. The first kappa shape index (κ1) is 10.8. The van der Waals surface area contributed by atoms with Crippen molar-refractivity contribution >= 4 is 17.6 Å². The Morgan fingerprint density at radius 2 is 2.29 bits per heavy atom. The van der Waals surface area contributed by atoms with Gasteiger partial charge in [0.2, 0.25) is 0 Å². The Morgan fingerprint density at radius 1 is 1.57 bits per heavy atom. The van der Waals surface area contributed by atoms with Crippen LogP contribution < -0.4 is 5.73 Å². The SMILES string of the molecule is CN(C)C(N)=NCc1ccc(Cl)cn1. The molecule has 5 heteroatoms. The maximum Gasteiger partial charge on any atom is 0.191 e. The van der Waals surface area contributed by atoms with Crippen molar-refractivity contribution in [1.29, 1.82) is 0 Å². The lowest BCUT2D eigenvalue weighted by Crippen LogP contribution is -2.30. The molecule has 2 N–H and O–H groups in total. The summed E-state index contributed by atoms with van der Waals surface area (Å²) < 4.78 is 0. The minimum Gasteiger partial charge on any atom is -0.370 e. The second kappa shape index (κ2) is 4.81. The van der Waals surface area contributed by atoms with E-state index in [4.69, 9.17) is 17.3 Å². The van der Waals surface area contributed by atoms with E-state index in [1.807, 2.05) is 20.2 Å². The second-order valence-electron chi connectivity index (χ2n) is 3.04. The molecule has 1 heterocycles. The number of guanidine groups is 1. The summed E-state index contributed by atoms with van der Waals surface area (Å²) in [7, 11) is 3.68. The number of rotatable bonds is 2. The topological polar surface area (TPSA) is 54.5 Å². The van der Waals surface area contributed by atoms with Gasteiger partial charge in [0.05, 0.1) is 17.3 Å². The highest BCUT2D eigenvalue weighted by atomic mass is 35.5. The van der Waals surface area contributed by atoms with E-state index >= 15 is 0 Å². The Bertz CT molecular complexity index is 318. The Labute approximate surface area is 88.4 Å². The van der Waals surface area contributed by atoms with Gasteiger partial charge >= 0.3 is 0 Å². The molecule has 0 spiro atoms. The van der Waals surface area contributed by atoms with Crippen molar-refractivity contribution in [3.8, 4) is 0 Å². The fourth-order valence-electron chi connectivity index (χ4n) is 0.803. The predicted octanol–water partition coefficient (Wildman–Crippen LogP) is 1.11. The summed E-state index contributed by atoms with van der Waals surface area (Å²) >= 11 is 5.69. The van der Waals surface area contributed by atoms with Crippen molar-refractivity contribution in [1.82, 2.24) is 9.88 Å². The van der Waals surface area contributed by atoms with Gasteiger partial charge in [-0.1, -0.05) is 11.6 Å². The van der Waals surface area contributed by atoms with Gasteiger partial charge in [0.25, 0.3) is 0 Å². The normalized spacial score (nSPS) is 11.5. The zero-order valence-corrected chi connectivity index (χ0v) is 8.99. The van der Waals surface area contributed by atoms with E-state index in [-0.39, 0.29) is 0 Å². The van der Waals surface area contributed by atoms with Crippen molar-refractivity contribution in [3.63, 3.8) is 0 Å². The maximum atomic E-state index is 5.69. The molecule has 0 unspecified atom stereocenters. The Balaban J connectivity index is 2.62. The zero-order valence-electron chi connectivity index (χ0n) is 8.24. The van der Waals surface area contributed by atoms with Crippen LogP contribution in [0.2, 0.25) is 5.02 Å². The molecule has 0 fully saturated rings. The number of halogens is 1. The molecule has 0 radical (unpaired) electrons. The van der Waals surface area contributed by atoms with E-state index in [0.29, 0.717) is 17.5 Å². The molecular weight excluding hydrogens is 200 g/mol. The zero-order chi connectivity index (χ0) is 10.6. The van der Waals surface area contributed by atoms with Crippen LogP contribution in [0, 0.1) is 0 Å². The van der Waals surface area contributed by atoms with Crippen LogP contribution in [-0.2, 0) is 6.54 Å². The van der Waals surface area contributed by atoms with E-state index in [0.717, 1.165) is 5.69 Å². The van der Waals surface area contributed by atoms with E-state index in [1.54, 1.807) is 17.2 Å². The molecule has 14 heavy (non-hydrogen) atoms. The average Bonchev–Trinajstić information content (AvgIpc) is 2.16. The van der Waals surface area contributed by atoms with Gasteiger partial charge in [-0.05, 0) is 12.1 Å². The lowest BCUT2D eigenvalue weighted by Gasteiger charge is -2.09. The van der Waals surface area contributed by atoms with Gasteiger partial charge in [0.1, 0.15) is 0 Å². The van der Waals surface area contributed by atoms with E-state index in [9.17, 15) is 0 Å². The van der Waals surface area contributed by atoms with Crippen molar-refractivity contribution in [2.45, 2.75) is 6.54 Å². The van der Waals surface area contributed by atoms with Gasteiger partial charge < -0.3 is 10.6 Å². The van der Waals surface area contributed by atoms with Crippen LogP contribution in [0.3, 0.4) is 0 Å². The third kappa shape index (κ3) is 3.22. The smallest absolute Gasteiger partial charge is 0.191 e. The monoisotopic (exact) mass is 212 g/mol. The molecule has 76 valence electrons. The molecule has 0 saturated carbocycles. The fourth-order valence-corrected chi connectivity index (χ4v) is 0.915. The van der Waals surface area contributed by atoms with Gasteiger partial charge in [0.15, 0.2) is 5.96 Å². The number of aromatic nitrogens is 1. The average molecular weight is 213 g/mol. The van der Waals surface area contributed by atoms with Crippen molar-refractivity contribution in [3.05, 3.63) is 29.0 Å². The molecule has 0 aliphatic rings. The number of nitrogens with two attached hydrogens (primary N) is 1. The molecule has 0 aliphatic carbocycles. The number of aliphatic imine (C=N–C) groups is 1. The van der Waals surface area contributed by atoms with Crippen LogP contribution in [-0.4, -0.2) is 29.9 Å². The summed E-state index contributed by atoms with van der Waals surface area (Å²) in [5.74, 6) is 0.488. The number of hydrogen-bond acceptors (Lipinski definition) is 2. The first-order valence-electron chi connectivity index (χ1n) is 4.17. The molecule has 1 rings (SSSR count). The molecule has 0 saturated heterocycles. The summed E-state index contributed by atoms with van der Waals surface area (Å²) in [6.07, 6.45) is 1.60. The molecule has 0 aromatic carbocycles. The summed E-state index contributed by atoms with van der Waals surface area (Å²) in [5, 5.41) is 0.623. The minimum atomic E-state index is 0.473. The molecule has 0 atom stereocenters. The Morgan fingerprint density at radius 3 is 2.79 bits per heavy atom. The van der Waals surface area contributed by atoms with Crippen LogP contribution in [0.4, 0.5) is 0 Å².